The zero-order valence-electron chi connectivity index (χ0n) is 16.8. The van der Waals surface area contributed by atoms with Gasteiger partial charge in [0.05, 0.1) is 19.2 Å². The van der Waals surface area contributed by atoms with Crippen LogP contribution >= 0.6 is 11.3 Å². The third-order valence-electron chi connectivity index (χ3n) is 4.28. The number of nitrogens with zero attached hydrogens (tertiary/aromatic N) is 1. The summed E-state index contributed by atoms with van der Waals surface area (Å²) in [5.74, 6) is 0.187. The van der Waals surface area contributed by atoms with Gasteiger partial charge in [-0.2, -0.15) is 0 Å². The van der Waals surface area contributed by atoms with Gasteiger partial charge in [0.2, 0.25) is 5.91 Å². The van der Waals surface area contributed by atoms with E-state index < -0.39 is 5.91 Å². The number of primary amides is 1. The standard InChI is InChI=1S/C22H23N3O4S/c1-14-3-6-16(7-4-14)22-25-17(13-30-22)10-21(27)24-11-15-5-8-18(19(9-15)28-2)29-12-20(23)26/h3-9,13H,10-12H2,1-2H3,(H2,23,26)(H,24,27). The summed E-state index contributed by atoms with van der Waals surface area (Å²) in [4.78, 5) is 27.8. The van der Waals surface area contributed by atoms with Crippen LogP contribution in [-0.2, 0) is 22.6 Å². The predicted octanol–water partition coefficient (Wildman–Crippen LogP) is 2.85. The Hall–Kier alpha value is -3.39. The molecule has 1 aromatic heterocycles. The number of carbonyl (C=O) groups excluding carboxylic acids is 2. The maximum Gasteiger partial charge on any atom is 0.255 e. The van der Waals surface area contributed by atoms with Crippen LogP contribution in [0.15, 0.2) is 47.8 Å². The van der Waals surface area contributed by atoms with Gasteiger partial charge in [0, 0.05) is 17.5 Å². The summed E-state index contributed by atoms with van der Waals surface area (Å²) < 4.78 is 10.6. The van der Waals surface area contributed by atoms with E-state index in [9.17, 15) is 9.59 Å². The van der Waals surface area contributed by atoms with Gasteiger partial charge in [-0.05, 0) is 24.6 Å². The molecule has 2 amide bonds. The lowest BCUT2D eigenvalue weighted by atomic mass is 10.2. The van der Waals surface area contributed by atoms with Gasteiger partial charge >= 0.3 is 0 Å². The molecule has 0 aliphatic carbocycles. The Morgan fingerprint density at radius 2 is 1.90 bits per heavy atom. The number of rotatable bonds is 9. The zero-order valence-corrected chi connectivity index (χ0v) is 17.6. The molecule has 3 N–H and O–H groups in total. The van der Waals surface area contributed by atoms with Gasteiger partial charge in [0.1, 0.15) is 5.01 Å². The number of methoxy groups -OCH3 is 1. The number of amides is 2. The van der Waals surface area contributed by atoms with E-state index in [1.165, 1.54) is 24.0 Å². The summed E-state index contributed by atoms with van der Waals surface area (Å²) in [6, 6.07) is 13.4. The second-order valence-electron chi connectivity index (χ2n) is 6.70. The molecule has 8 heteroatoms. The minimum absolute atomic E-state index is 0.122. The largest absolute Gasteiger partial charge is 0.493 e. The molecule has 0 saturated heterocycles. The molecule has 3 aromatic rings. The summed E-state index contributed by atoms with van der Waals surface area (Å²) >= 11 is 1.52. The fourth-order valence-corrected chi connectivity index (χ4v) is 3.56. The number of benzene rings is 2. The van der Waals surface area contributed by atoms with Gasteiger partial charge in [-0.15, -0.1) is 11.3 Å². The highest BCUT2D eigenvalue weighted by molar-refractivity contribution is 7.13. The van der Waals surface area contributed by atoms with Crippen molar-refractivity contribution in [2.45, 2.75) is 19.9 Å². The van der Waals surface area contributed by atoms with Crippen LogP contribution in [0, 0.1) is 6.92 Å². The summed E-state index contributed by atoms with van der Waals surface area (Å²) in [6.45, 7) is 2.14. The lowest BCUT2D eigenvalue weighted by molar-refractivity contribution is -0.121. The van der Waals surface area contributed by atoms with Crippen molar-refractivity contribution in [3.63, 3.8) is 0 Å². The van der Waals surface area contributed by atoms with Crippen molar-refractivity contribution in [1.82, 2.24) is 10.3 Å². The number of nitrogens with one attached hydrogen (secondary N) is 1. The van der Waals surface area contributed by atoms with Gasteiger partial charge in [-0.1, -0.05) is 35.9 Å². The van der Waals surface area contributed by atoms with E-state index in [-0.39, 0.29) is 18.9 Å². The molecular formula is C22H23N3O4S. The van der Waals surface area contributed by atoms with Crippen LogP contribution in [0.25, 0.3) is 10.6 Å². The lowest BCUT2D eigenvalue weighted by Crippen LogP contribution is -2.24. The van der Waals surface area contributed by atoms with E-state index in [1.54, 1.807) is 18.2 Å². The Morgan fingerprint density at radius 3 is 2.60 bits per heavy atom. The minimum atomic E-state index is -0.569. The third-order valence-corrected chi connectivity index (χ3v) is 5.22. The molecule has 0 fully saturated rings. The number of aryl methyl sites for hydroxylation is 1. The van der Waals surface area contributed by atoms with Crippen molar-refractivity contribution in [1.29, 1.82) is 0 Å². The summed E-state index contributed by atoms with van der Waals surface area (Å²) in [7, 11) is 1.50. The maximum atomic E-state index is 12.3. The first-order valence-electron chi connectivity index (χ1n) is 9.30. The minimum Gasteiger partial charge on any atom is -0.493 e. The van der Waals surface area contributed by atoms with Crippen LogP contribution in [0.4, 0.5) is 0 Å². The number of nitrogens with two attached hydrogens (primary N) is 1. The molecular weight excluding hydrogens is 402 g/mol. The Morgan fingerprint density at radius 1 is 1.13 bits per heavy atom. The number of thiazole rings is 1. The number of hydrogen-bond acceptors (Lipinski definition) is 6. The van der Waals surface area contributed by atoms with Crippen LogP contribution in [0.2, 0.25) is 0 Å². The Balaban J connectivity index is 1.55. The molecule has 0 saturated carbocycles. The SMILES string of the molecule is COc1cc(CNC(=O)Cc2csc(-c3ccc(C)cc3)n2)ccc1OCC(N)=O. The van der Waals surface area contributed by atoms with E-state index >= 15 is 0 Å². The second kappa shape index (κ2) is 9.89. The molecule has 0 aliphatic rings. The molecule has 0 bridgehead atoms. The zero-order chi connectivity index (χ0) is 21.5. The number of carbonyl (C=O) groups is 2. The molecule has 1 heterocycles. The van der Waals surface area contributed by atoms with Gasteiger partial charge in [0.25, 0.3) is 5.91 Å². The summed E-state index contributed by atoms with van der Waals surface area (Å²) in [6.07, 6.45) is 0.208. The quantitative estimate of drug-likeness (QED) is 0.549. The highest BCUT2D eigenvalue weighted by Gasteiger charge is 2.11. The van der Waals surface area contributed by atoms with Crippen LogP contribution in [0.1, 0.15) is 16.8 Å². The maximum absolute atomic E-state index is 12.3. The number of aromatic nitrogens is 1. The van der Waals surface area contributed by atoms with E-state index in [0.717, 1.165) is 21.8 Å². The van der Waals surface area contributed by atoms with Crippen molar-refractivity contribution in [2.24, 2.45) is 5.73 Å². The molecule has 0 spiro atoms. The van der Waals surface area contributed by atoms with Crippen LogP contribution in [0.5, 0.6) is 11.5 Å². The molecule has 2 aromatic carbocycles. The second-order valence-corrected chi connectivity index (χ2v) is 7.56. The molecule has 7 nitrogen and oxygen atoms in total. The van der Waals surface area contributed by atoms with Crippen molar-refractivity contribution >= 4 is 23.2 Å². The summed E-state index contributed by atoms with van der Waals surface area (Å²) in [5, 5.41) is 5.68. The first kappa shape index (κ1) is 21.3. The average molecular weight is 426 g/mol. The van der Waals surface area contributed by atoms with Crippen molar-refractivity contribution in [3.05, 3.63) is 64.7 Å². The van der Waals surface area contributed by atoms with E-state index in [2.05, 4.69) is 10.3 Å². The van der Waals surface area contributed by atoms with Crippen molar-refractivity contribution in [2.75, 3.05) is 13.7 Å². The Labute approximate surface area is 178 Å². The van der Waals surface area contributed by atoms with Crippen LogP contribution in [-0.4, -0.2) is 30.5 Å². The molecule has 156 valence electrons. The Kier molecular flexibility index (Phi) is 7.03. The third kappa shape index (κ3) is 5.81. The van der Waals surface area contributed by atoms with Gasteiger partial charge in [-0.3, -0.25) is 9.59 Å². The van der Waals surface area contributed by atoms with Crippen molar-refractivity contribution < 1.29 is 19.1 Å². The van der Waals surface area contributed by atoms with Crippen molar-refractivity contribution in [3.8, 4) is 22.1 Å². The molecule has 0 atom stereocenters. The molecule has 0 unspecified atom stereocenters. The first-order valence-corrected chi connectivity index (χ1v) is 10.2. The topological polar surface area (TPSA) is 104 Å². The molecule has 30 heavy (non-hydrogen) atoms. The first-order chi connectivity index (χ1) is 14.4. The highest BCUT2D eigenvalue weighted by atomic mass is 32.1. The highest BCUT2D eigenvalue weighted by Crippen LogP contribution is 2.28. The number of hydrogen-bond donors (Lipinski definition) is 2. The molecule has 0 aliphatic heterocycles. The predicted molar refractivity (Wildman–Crippen MR) is 116 cm³/mol. The smallest absolute Gasteiger partial charge is 0.255 e. The molecule has 3 rings (SSSR count). The van der Waals surface area contributed by atoms with E-state index in [1.807, 2.05) is 36.6 Å². The fourth-order valence-electron chi connectivity index (χ4n) is 2.73. The van der Waals surface area contributed by atoms with E-state index in [0.29, 0.717) is 18.0 Å². The Bertz CT molecular complexity index is 1030. The van der Waals surface area contributed by atoms with Gasteiger partial charge < -0.3 is 20.5 Å². The van der Waals surface area contributed by atoms with Crippen LogP contribution in [0.3, 0.4) is 0 Å². The average Bonchev–Trinajstić information content (AvgIpc) is 3.19. The van der Waals surface area contributed by atoms with Gasteiger partial charge in [-0.25, -0.2) is 4.98 Å². The number of ether oxygens (including phenoxy) is 2. The van der Waals surface area contributed by atoms with E-state index in [4.69, 9.17) is 15.2 Å². The molecule has 0 radical (unpaired) electrons. The fraction of sp³-hybridized carbons (Fsp3) is 0.227. The van der Waals surface area contributed by atoms with Crippen LogP contribution < -0.4 is 20.5 Å². The monoisotopic (exact) mass is 425 g/mol. The normalized spacial score (nSPS) is 10.5. The van der Waals surface area contributed by atoms with Gasteiger partial charge in [0.15, 0.2) is 18.1 Å². The summed E-state index contributed by atoms with van der Waals surface area (Å²) in [5.41, 5.74) is 8.90. The lowest BCUT2D eigenvalue weighted by Gasteiger charge is -2.11.